The van der Waals surface area contributed by atoms with Crippen LogP contribution in [0.1, 0.15) is 13.3 Å². The first kappa shape index (κ1) is 12.9. The van der Waals surface area contributed by atoms with E-state index in [1.54, 1.807) is 10.9 Å². The number of carbonyl (C=O) groups excluding carboxylic acids is 1. The van der Waals surface area contributed by atoms with Gasteiger partial charge in [-0.2, -0.15) is 5.10 Å². The van der Waals surface area contributed by atoms with Crippen LogP contribution in [0.5, 0.6) is 0 Å². The number of hydrogen-bond acceptors (Lipinski definition) is 3. The Kier molecular flexibility index (Phi) is 3.52. The molecule has 1 aliphatic heterocycles. The lowest BCUT2D eigenvalue weighted by Gasteiger charge is -2.15. The first-order chi connectivity index (χ1) is 9.74. The summed E-state index contributed by atoms with van der Waals surface area (Å²) in [6.45, 7) is 3.01. The van der Waals surface area contributed by atoms with Crippen LogP contribution in [-0.4, -0.2) is 28.3 Å². The highest BCUT2D eigenvalue weighted by molar-refractivity contribution is 5.95. The summed E-state index contributed by atoms with van der Waals surface area (Å²) in [7, 11) is 0. The highest BCUT2D eigenvalue weighted by Crippen LogP contribution is 2.18. The number of amides is 1. The number of nitrogens with one attached hydrogen (secondary N) is 2. The van der Waals surface area contributed by atoms with E-state index < -0.39 is 0 Å². The van der Waals surface area contributed by atoms with Gasteiger partial charge in [0.1, 0.15) is 0 Å². The molecule has 1 aliphatic rings. The summed E-state index contributed by atoms with van der Waals surface area (Å²) >= 11 is 0. The summed E-state index contributed by atoms with van der Waals surface area (Å²) in [5.74, 6) is 0.414. The summed E-state index contributed by atoms with van der Waals surface area (Å²) in [6, 6.07) is 9.46. The van der Waals surface area contributed by atoms with Gasteiger partial charge in [-0.05, 0) is 43.1 Å². The van der Waals surface area contributed by atoms with Crippen LogP contribution in [0.15, 0.2) is 42.7 Å². The molecule has 1 aromatic heterocycles. The second-order valence-corrected chi connectivity index (χ2v) is 5.19. The van der Waals surface area contributed by atoms with Crippen molar-refractivity contribution in [3.63, 3.8) is 0 Å². The van der Waals surface area contributed by atoms with E-state index in [1.165, 1.54) is 0 Å². The summed E-state index contributed by atoms with van der Waals surface area (Å²) in [4.78, 5) is 12.2. The third kappa shape index (κ3) is 2.58. The zero-order chi connectivity index (χ0) is 13.9. The summed E-state index contributed by atoms with van der Waals surface area (Å²) in [5, 5.41) is 10.4. The standard InChI is InChI=1S/C15H18N4O/c1-11-6-8-16-14(11)15(20)18-12-4-2-5-13(10-12)19-9-3-7-17-19/h2-5,7,9-11,14,16H,6,8H2,1H3,(H,18,20). The normalized spacial score (nSPS) is 21.9. The molecule has 5 heteroatoms. The maximum Gasteiger partial charge on any atom is 0.241 e. The maximum absolute atomic E-state index is 12.2. The molecule has 5 nitrogen and oxygen atoms in total. The Bertz CT molecular complexity index is 594. The average Bonchev–Trinajstić information content (AvgIpc) is 3.09. The molecule has 2 aromatic rings. The SMILES string of the molecule is CC1CCNC1C(=O)Nc1cccc(-n2cccn2)c1. The first-order valence-electron chi connectivity index (χ1n) is 6.88. The molecule has 20 heavy (non-hydrogen) atoms. The molecular weight excluding hydrogens is 252 g/mol. The zero-order valence-corrected chi connectivity index (χ0v) is 11.4. The minimum absolute atomic E-state index is 0.0348. The summed E-state index contributed by atoms with van der Waals surface area (Å²) in [6.07, 6.45) is 4.66. The van der Waals surface area contributed by atoms with Crippen LogP contribution in [0.3, 0.4) is 0 Å². The largest absolute Gasteiger partial charge is 0.325 e. The van der Waals surface area contributed by atoms with Crippen molar-refractivity contribution >= 4 is 11.6 Å². The average molecular weight is 270 g/mol. The minimum Gasteiger partial charge on any atom is -0.325 e. The summed E-state index contributed by atoms with van der Waals surface area (Å²) < 4.78 is 1.77. The van der Waals surface area contributed by atoms with E-state index in [-0.39, 0.29) is 11.9 Å². The van der Waals surface area contributed by atoms with Crippen LogP contribution >= 0.6 is 0 Å². The van der Waals surface area contributed by atoms with Crippen LogP contribution < -0.4 is 10.6 Å². The highest BCUT2D eigenvalue weighted by Gasteiger charge is 2.29. The molecule has 2 unspecified atom stereocenters. The molecule has 1 aromatic carbocycles. The Hall–Kier alpha value is -2.14. The van der Waals surface area contributed by atoms with Crippen LogP contribution in [0.4, 0.5) is 5.69 Å². The van der Waals surface area contributed by atoms with Gasteiger partial charge in [-0.1, -0.05) is 13.0 Å². The van der Waals surface area contributed by atoms with E-state index >= 15 is 0 Å². The third-order valence-corrected chi connectivity index (χ3v) is 3.70. The second kappa shape index (κ2) is 5.46. The first-order valence-corrected chi connectivity index (χ1v) is 6.88. The molecule has 1 amide bonds. The number of aromatic nitrogens is 2. The highest BCUT2D eigenvalue weighted by atomic mass is 16.2. The Morgan fingerprint density at radius 2 is 2.35 bits per heavy atom. The van der Waals surface area contributed by atoms with Crippen LogP contribution in [0.2, 0.25) is 0 Å². The van der Waals surface area contributed by atoms with Gasteiger partial charge in [0, 0.05) is 18.1 Å². The predicted octanol–water partition coefficient (Wildman–Crippen LogP) is 1.81. The number of rotatable bonds is 3. The maximum atomic E-state index is 12.2. The van der Waals surface area contributed by atoms with Crippen molar-refractivity contribution in [2.24, 2.45) is 5.92 Å². The molecular formula is C15H18N4O. The minimum atomic E-state index is -0.0941. The molecule has 104 valence electrons. The Balaban J connectivity index is 1.74. The Labute approximate surface area is 118 Å². The van der Waals surface area contributed by atoms with Gasteiger partial charge in [-0.3, -0.25) is 4.79 Å². The Morgan fingerprint density at radius 1 is 1.45 bits per heavy atom. The monoisotopic (exact) mass is 270 g/mol. The molecule has 2 heterocycles. The second-order valence-electron chi connectivity index (χ2n) is 5.19. The number of nitrogens with zero attached hydrogens (tertiary/aromatic N) is 2. The lowest BCUT2D eigenvalue weighted by molar-refractivity contribution is -0.118. The van der Waals surface area contributed by atoms with Crippen molar-refractivity contribution in [1.29, 1.82) is 0 Å². The molecule has 0 aliphatic carbocycles. The van der Waals surface area contributed by atoms with Crippen LogP contribution in [0, 0.1) is 5.92 Å². The number of benzene rings is 1. The van der Waals surface area contributed by atoms with Crippen molar-refractivity contribution in [2.75, 3.05) is 11.9 Å². The topological polar surface area (TPSA) is 59.0 Å². The van der Waals surface area contributed by atoms with Crippen LogP contribution in [-0.2, 0) is 4.79 Å². The lowest BCUT2D eigenvalue weighted by atomic mass is 10.0. The Morgan fingerprint density at radius 3 is 3.05 bits per heavy atom. The summed E-state index contributed by atoms with van der Waals surface area (Å²) in [5.41, 5.74) is 1.73. The fourth-order valence-electron chi connectivity index (χ4n) is 2.55. The molecule has 1 saturated heterocycles. The molecule has 0 radical (unpaired) electrons. The van der Waals surface area contributed by atoms with Gasteiger partial charge >= 0.3 is 0 Å². The van der Waals surface area contributed by atoms with E-state index in [0.29, 0.717) is 5.92 Å². The van der Waals surface area contributed by atoms with Crippen molar-refractivity contribution in [3.05, 3.63) is 42.7 Å². The van der Waals surface area contributed by atoms with E-state index in [9.17, 15) is 4.79 Å². The molecule has 2 atom stereocenters. The molecule has 3 rings (SSSR count). The molecule has 0 bridgehead atoms. The van der Waals surface area contributed by atoms with Crippen molar-refractivity contribution in [2.45, 2.75) is 19.4 Å². The lowest BCUT2D eigenvalue weighted by Crippen LogP contribution is -2.39. The number of anilines is 1. The van der Waals surface area contributed by atoms with Gasteiger partial charge in [0.05, 0.1) is 11.7 Å². The van der Waals surface area contributed by atoms with Gasteiger partial charge in [0.15, 0.2) is 0 Å². The smallest absolute Gasteiger partial charge is 0.241 e. The van der Waals surface area contributed by atoms with E-state index in [4.69, 9.17) is 0 Å². The van der Waals surface area contributed by atoms with Crippen molar-refractivity contribution in [3.8, 4) is 5.69 Å². The van der Waals surface area contributed by atoms with Crippen molar-refractivity contribution < 1.29 is 4.79 Å². The van der Waals surface area contributed by atoms with E-state index in [0.717, 1.165) is 24.3 Å². The predicted molar refractivity (Wildman–Crippen MR) is 77.8 cm³/mol. The molecule has 1 fully saturated rings. The van der Waals surface area contributed by atoms with Crippen LogP contribution in [0.25, 0.3) is 5.69 Å². The zero-order valence-electron chi connectivity index (χ0n) is 11.4. The van der Waals surface area contributed by atoms with Gasteiger partial charge < -0.3 is 10.6 Å². The fourth-order valence-corrected chi connectivity index (χ4v) is 2.55. The van der Waals surface area contributed by atoms with E-state index in [1.807, 2.05) is 36.5 Å². The number of hydrogen-bond donors (Lipinski definition) is 2. The molecule has 0 saturated carbocycles. The quantitative estimate of drug-likeness (QED) is 0.894. The van der Waals surface area contributed by atoms with E-state index in [2.05, 4.69) is 22.7 Å². The van der Waals surface area contributed by atoms with Crippen molar-refractivity contribution in [1.82, 2.24) is 15.1 Å². The third-order valence-electron chi connectivity index (χ3n) is 3.70. The van der Waals surface area contributed by atoms with Gasteiger partial charge in [-0.25, -0.2) is 4.68 Å². The molecule has 2 N–H and O–H groups in total. The molecule has 0 spiro atoms. The fraction of sp³-hybridized carbons (Fsp3) is 0.333. The van der Waals surface area contributed by atoms with Gasteiger partial charge in [0.2, 0.25) is 5.91 Å². The van der Waals surface area contributed by atoms with Gasteiger partial charge in [0.25, 0.3) is 0 Å². The number of carbonyl (C=O) groups is 1. The van der Waals surface area contributed by atoms with Gasteiger partial charge in [-0.15, -0.1) is 0 Å².